The Morgan fingerprint density at radius 3 is 2.50 bits per heavy atom. The molecule has 1 amide bonds. The first-order valence-electron chi connectivity index (χ1n) is 9.82. The third kappa shape index (κ3) is 5.77. The molecule has 7 nitrogen and oxygen atoms in total. The molecule has 0 bridgehead atoms. The first kappa shape index (κ1) is 21.7. The molecule has 3 aromatic rings. The molecule has 158 valence electrons. The molecule has 2 aromatic carbocycles. The van der Waals surface area contributed by atoms with Crippen LogP contribution in [-0.2, 0) is 29.2 Å². The van der Waals surface area contributed by atoms with Crippen LogP contribution >= 0.6 is 12.2 Å². The fourth-order valence-electron chi connectivity index (χ4n) is 2.96. The first-order chi connectivity index (χ1) is 14.6. The van der Waals surface area contributed by atoms with Gasteiger partial charge in [-0.15, -0.1) is 0 Å². The van der Waals surface area contributed by atoms with E-state index in [1.807, 2.05) is 60.0 Å². The van der Waals surface area contributed by atoms with E-state index in [1.54, 1.807) is 7.11 Å². The number of nitrogens with zero attached hydrogens (tertiary/aromatic N) is 2. The predicted molar refractivity (Wildman–Crippen MR) is 118 cm³/mol. The fourth-order valence-corrected chi connectivity index (χ4v) is 3.18. The van der Waals surface area contributed by atoms with Gasteiger partial charge in [0.05, 0.1) is 13.7 Å². The average molecular weight is 427 g/mol. The minimum atomic E-state index is -0.0443. The van der Waals surface area contributed by atoms with Crippen LogP contribution in [0.3, 0.4) is 0 Å². The number of benzene rings is 2. The summed E-state index contributed by atoms with van der Waals surface area (Å²) in [6, 6.07) is 15.6. The zero-order valence-corrected chi connectivity index (χ0v) is 18.0. The van der Waals surface area contributed by atoms with Crippen LogP contribution < -0.4 is 10.1 Å². The highest BCUT2D eigenvalue weighted by atomic mass is 32.1. The van der Waals surface area contributed by atoms with Crippen molar-refractivity contribution < 1.29 is 14.3 Å². The van der Waals surface area contributed by atoms with Gasteiger partial charge in [0.2, 0.25) is 5.91 Å². The maximum Gasteiger partial charge on any atom is 0.222 e. The Morgan fingerprint density at radius 1 is 1.13 bits per heavy atom. The van der Waals surface area contributed by atoms with Crippen LogP contribution in [0.25, 0.3) is 11.4 Å². The van der Waals surface area contributed by atoms with E-state index in [0.717, 1.165) is 22.4 Å². The molecule has 1 heterocycles. The normalized spacial score (nSPS) is 10.7. The fraction of sp³-hybridized carbons (Fsp3) is 0.318. The highest BCUT2D eigenvalue weighted by Gasteiger charge is 2.11. The van der Waals surface area contributed by atoms with Crippen molar-refractivity contribution in [2.45, 2.75) is 33.0 Å². The van der Waals surface area contributed by atoms with Crippen LogP contribution in [0.4, 0.5) is 0 Å². The highest BCUT2D eigenvalue weighted by molar-refractivity contribution is 7.71. The van der Waals surface area contributed by atoms with Crippen molar-refractivity contribution in [3.63, 3.8) is 0 Å². The number of aromatic amines is 1. The van der Waals surface area contributed by atoms with Crippen LogP contribution in [-0.4, -0.2) is 34.4 Å². The van der Waals surface area contributed by atoms with Gasteiger partial charge in [0.1, 0.15) is 5.75 Å². The third-order valence-electron chi connectivity index (χ3n) is 4.65. The Morgan fingerprint density at radius 2 is 1.83 bits per heavy atom. The number of carbonyl (C=O) groups excluding carboxylic acids is 1. The van der Waals surface area contributed by atoms with Crippen LogP contribution in [0.2, 0.25) is 0 Å². The summed E-state index contributed by atoms with van der Waals surface area (Å²) in [6.07, 6.45) is 0.305. The third-order valence-corrected chi connectivity index (χ3v) is 4.97. The van der Waals surface area contributed by atoms with E-state index >= 15 is 0 Å². The molecule has 0 saturated heterocycles. The van der Waals surface area contributed by atoms with Gasteiger partial charge in [-0.3, -0.25) is 14.5 Å². The molecule has 0 aliphatic rings. The molecular formula is C22H26N4O3S. The standard InChI is InChI=1S/C22H26N4O3S/c1-3-29-15-17-6-4-16(5-7-17)14-23-20(27)12-13-26-21(24-25-22(26)30)18-8-10-19(28-2)11-9-18/h4-11H,3,12-15H2,1-2H3,(H,23,27)(H,25,30). The number of methoxy groups -OCH3 is 1. The van der Waals surface area contributed by atoms with Crippen molar-refractivity contribution in [1.82, 2.24) is 20.1 Å². The van der Waals surface area contributed by atoms with Gasteiger partial charge in [0, 0.05) is 31.7 Å². The Kier molecular flexibility index (Phi) is 7.75. The number of hydrogen-bond donors (Lipinski definition) is 2. The van der Waals surface area contributed by atoms with E-state index in [9.17, 15) is 4.79 Å². The summed E-state index contributed by atoms with van der Waals surface area (Å²) >= 11 is 5.34. The Labute approximate surface area is 181 Å². The molecule has 0 aliphatic heterocycles. The number of aromatic nitrogens is 3. The molecule has 3 rings (SSSR count). The molecule has 8 heteroatoms. The van der Waals surface area contributed by atoms with Gasteiger partial charge in [-0.2, -0.15) is 5.10 Å². The number of rotatable bonds is 10. The quantitative estimate of drug-likeness (QED) is 0.481. The molecule has 0 saturated carbocycles. The molecule has 0 atom stereocenters. The molecule has 0 spiro atoms. The number of ether oxygens (including phenoxy) is 2. The van der Waals surface area contributed by atoms with E-state index in [0.29, 0.717) is 43.3 Å². The first-order valence-corrected chi connectivity index (χ1v) is 10.2. The van der Waals surface area contributed by atoms with Gasteiger partial charge in [-0.1, -0.05) is 24.3 Å². The van der Waals surface area contributed by atoms with E-state index in [2.05, 4.69) is 15.5 Å². The number of carbonyl (C=O) groups is 1. The molecule has 2 N–H and O–H groups in total. The maximum atomic E-state index is 12.3. The van der Waals surface area contributed by atoms with E-state index in [4.69, 9.17) is 21.7 Å². The van der Waals surface area contributed by atoms with Crippen LogP contribution in [0.5, 0.6) is 5.75 Å². The number of H-pyrrole nitrogens is 1. The second-order valence-corrected chi connectivity index (χ2v) is 7.10. The zero-order valence-electron chi connectivity index (χ0n) is 17.2. The lowest BCUT2D eigenvalue weighted by Crippen LogP contribution is -2.24. The van der Waals surface area contributed by atoms with Crippen molar-refractivity contribution in [1.29, 1.82) is 0 Å². The lowest BCUT2D eigenvalue weighted by Gasteiger charge is -2.09. The molecule has 0 unspecified atom stereocenters. The Balaban J connectivity index is 1.54. The summed E-state index contributed by atoms with van der Waals surface area (Å²) in [6.45, 7) is 4.19. The number of nitrogens with one attached hydrogen (secondary N) is 2. The van der Waals surface area contributed by atoms with Crippen molar-refractivity contribution >= 4 is 18.1 Å². The smallest absolute Gasteiger partial charge is 0.222 e. The summed E-state index contributed by atoms with van der Waals surface area (Å²) in [4.78, 5) is 12.3. The number of hydrogen-bond acceptors (Lipinski definition) is 5. The van der Waals surface area contributed by atoms with Crippen LogP contribution in [0.15, 0.2) is 48.5 Å². The molecule has 0 fully saturated rings. The average Bonchev–Trinajstić information content (AvgIpc) is 3.15. The molecular weight excluding hydrogens is 400 g/mol. The second-order valence-electron chi connectivity index (χ2n) is 6.71. The lowest BCUT2D eigenvalue weighted by atomic mass is 10.1. The van der Waals surface area contributed by atoms with Crippen LogP contribution in [0, 0.1) is 4.77 Å². The topological polar surface area (TPSA) is 81.2 Å². The molecule has 0 aliphatic carbocycles. The van der Waals surface area contributed by atoms with E-state index < -0.39 is 0 Å². The monoisotopic (exact) mass is 426 g/mol. The van der Waals surface area contributed by atoms with E-state index in [-0.39, 0.29) is 5.91 Å². The predicted octanol–water partition coefficient (Wildman–Crippen LogP) is 3.86. The van der Waals surface area contributed by atoms with Gasteiger partial charge in [0.25, 0.3) is 0 Å². The lowest BCUT2D eigenvalue weighted by molar-refractivity contribution is -0.121. The SMILES string of the molecule is CCOCc1ccc(CNC(=O)CCn2c(-c3ccc(OC)cc3)n[nH]c2=S)cc1. The van der Waals surface area contributed by atoms with Crippen molar-refractivity contribution in [2.75, 3.05) is 13.7 Å². The Bertz CT molecular complexity index is 1010. The van der Waals surface area contributed by atoms with Gasteiger partial charge in [-0.25, -0.2) is 0 Å². The summed E-state index contributed by atoms with van der Waals surface area (Å²) in [5.41, 5.74) is 3.06. The van der Waals surface area contributed by atoms with Crippen molar-refractivity contribution in [3.8, 4) is 17.1 Å². The summed E-state index contributed by atoms with van der Waals surface area (Å²) in [5, 5.41) is 10.1. The largest absolute Gasteiger partial charge is 0.497 e. The van der Waals surface area contributed by atoms with Gasteiger partial charge in [-0.05, 0) is 54.5 Å². The minimum absolute atomic E-state index is 0.0443. The summed E-state index contributed by atoms with van der Waals surface area (Å²) in [5.74, 6) is 1.42. The van der Waals surface area contributed by atoms with Gasteiger partial charge >= 0.3 is 0 Å². The van der Waals surface area contributed by atoms with Crippen LogP contribution in [0.1, 0.15) is 24.5 Å². The molecule has 30 heavy (non-hydrogen) atoms. The zero-order chi connectivity index (χ0) is 21.3. The maximum absolute atomic E-state index is 12.3. The number of amides is 1. The second kappa shape index (κ2) is 10.7. The van der Waals surface area contributed by atoms with Gasteiger partial charge < -0.3 is 14.8 Å². The van der Waals surface area contributed by atoms with Gasteiger partial charge in [0.15, 0.2) is 10.6 Å². The summed E-state index contributed by atoms with van der Waals surface area (Å²) in [7, 11) is 1.62. The van der Waals surface area contributed by atoms with E-state index in [1.165, 1.54) is 0 Å². The minimum Gasteiger partial charge on any atom is -0.497 e. The highest BCUT2D eigenvalue weighted by Crippen LogP contribution is 2.21. The molecule has 0 radical (unpaired) electrons. The molecule has 1 aromatic heterocycles. The Hall–Kier alpha value is -2.97. The van der Waals surface area contributed by atoms with Crippen molar-refractivity contribution in [2.24, 2.45) is 0 Å². The summed E-state index contributed by atoms with van der Waals surface area (Å²) < 4.78 is 12.9. The van der Waals surface area contributed by atoms with Crippen molar-refractivity contribution in [3.05, 3.63) is 64.4 Å².